The summed E-state index contributed by atoms with van der Waals surface area (Å²) in [5, 5.41) is 0.578. The van der Waals surface area contributed by atoms with Crippen LogP contribution in [0.25, 0.3) is 5.65 Å². The highest BCUT2D eigenvalue weighted by Crippen LogP contribution is 2.26. The van der Waals surface area contributed by atoms with E-state index in [0.29, 0.717) is 28.3 Å². The van der Waals surface area contributed by atoms with Crippen molar-refractivity contribution in [1.82, 2.24) is 9.38 Å². The average Bonchev–Trinajstić information content (AvgIpc) is 2.85. The van der Waals surface area contributed by atoms with Gasteiger partial charge in [-0.3, -0.25) is 4.79 Å². The molecule has 0 fully saturated rings. The summed E-state index contributed by atoms with van der Waals surface area (Å²) in [4.78, 5) is 17.1. The normalized spacial score (nSPS) is 11.0. The van der Waals surface area contributed by atoms with Gasteiger partial charge in [-0.25, -0.2) is 4.98 Å². The molecule has 3 aromatic rings. The quantitative estimate of drug-likeness (QED) is 0.640. The fraction of sp³-hybridized carbons (Fsp3) is 0.125. The molecule has 3 rings (SSSR count). The molecule has 0 saturated heterocycles. The van der Waals surface area contributed by atoms with Crippen LogP contribution in [-0.2, 0) is 6.42 Å². The second-order valence-electron chi connectivity index (χ2n) is 4.65. The Hall–Kier alpha value is -1.65. The molecular weight excluding hydrogens is 352 g/mol. The van der Waals surface area contributed by atoms with Crippen molar-refractivity contribution in [2.45, 2.75) is 13.3 Å². The maximum absolute atomic E-state index is 12.6. The van der Waals surface area contributed by atoms with Crippen LogP contribution in [0.3, 0.4) is 0 Å². The molecule has 0 amide bonds. The number of fused-ring (bicyclic) bond motifs is 1. The van der Waals surface area contributed by atoms with E-state index in [9.17, 15) is 4.79 Å². The molecule has 0 aliphatic carbocycles. The first kappa shape index (κ1) is 14.3. The molecule has 0 saturated carbocycles. The lowest BCUT2D eigenvalue weighted by Crippen LogP contribution is -2.05. The van der Waals surface area contributed by atoms with Crippen molar-refractivity contribution in [1.29, 1.82) is 0 Å². The minimum atomic E-state index is -0.0663. The van der Waals surface area contributed by atoms with Crippen molar-refractivity contribution in [3.8, 4) is 0 Å². The first-order valence-electron chi connectivity index (χ1n) is 6.57. The summed E-state index contributed by atoms with van der Waals surface area (Å²) in [5.74, 6) is -0.0663. The lowest BCUT2D eigenvalue weighted by Gasteiger charge is -2.03. The van der Waals surface area contributed by atoms with Crippen molar-refractivity contribution in [2.24, 2.45) is 0 Å². The standard InChI is InChI=1S/C16H12BrClN2O/c1-2-13-15(16(21)10-6-4-3-5-7-10)19-14-8-12(18)11(17)9-20(13)14/h3-9H,2H2,1H3. The highest BCUT2D eigenvalue weighted by atomic mass is 79.9. The van der Waals surface area contributed by atoms with Gasteiger partial charge in [-0.2, -0.15) is 0 Å². The molecule has 0 radical (unpaired) electrons. The maximum atomic E-state index is 12.6. The van der Waals surface area contributed by atoms with Gasteiger partial charge < -0.3 is 4.40 Å². The Balaban J connectivity index is 2.21. The molecular formula is C16H12BrClN2O. The Morgan fingerprint density at radius 1 is 1.33 bits per heavy atom. The molecule has 3 nitrogen and oxygen atoms in total. The van der Waals surface area contributed by atoms with E-state index in [1.165, 1.54) is 0 Å². The maximum Gasteiger partial charge on any atom is 0.213 e. The number of nitrogens with zero attached hydrogens (tertiary/aromatic N) is 2. The average molecular weight is 364 g/mol. The summed E-state index contributed by atoms with van der Waals surface area (Å²) in [6, 6.07) is 10.9. The Bertz CT molecular complexity index is 827. The van der Waals surface area contributed by atoms with Crippen LogP contribution < -0.4 is 0 Å². The predicted octanol–water partition coefficient (Wildman–Crippen LogP) is 4.54. The number of carbonyl (C=O) groups is 1. The van der Waals surface area contributed by atoms with Crippen molar-refractivity contribution in [2.75, 3.05) is 0 Å². The highest BCUT2D eigenvalue weighted by Gasteiger charge is 2.19. The van der Waals surface area contributed by atoms with E-state index in [0.717, 1.165) is 10.2 Å². The third-order valence-corrected chi connectivity index (χ3v) is 4.52. The van der Waals surface area contributed by atoms with E-state index in [1.807, 2.05) is 35.7 Å². The van der Waals surface area contributed by atoms with E-state index < -0.39 is 0 Å². The molecule has 2 aromatic heterocycles. The van der Waals surface area contributed by atoms with Gasteiger partial charge in [0.2, 0.25) is 5.78 Å². The van der Waals surface area contributed by atoms with Crippen molar-refractivity contribution in [3.05, 3.63) is 69.0 Å². The van der Waals surface area contributed by atoms with Gasteiger partial charge in [-0.15, -0.1) is 0 Å². The fourth-order valence-electron chi connectivity index (χ4n) is 2.33. The number of hydrogen-bond donors (Lipinski definition) is 0. The minimum Gasteiger partial charge on any atom is -0.302 e. The lowest BCUT2D eigenvalue weighted by atomic mass is 10.1. The van der Waals surface area contributed by atoms with Crippen LogP contribution >= 0.6 is 27.5 Å². The van der Waals surface area contributed by atoms with Gasteiger partial charge in [0.25, 0.3) is 0 Å². The second-order valence-corrected chi connectivity index (χ2v) is 5.91. The number of aromatic nitrogens is 2. The summed E-state index contributed by atoms with van der Waals surface area (Å²) in [6.07, 6.45) is 2.56. The number of pyridine rings is 1. The Kier molecular flexibility index (Phi) is 3.83. The molecule has 0 aliphatic heterocycles. The lowest BCUT2D eigenvalue weighted by molar-refractivity contribution is 0.103. The molecule has 0 unspecified atom stereocenters. The monoisotopic (exact) mass is 362 g/mol. The molecule has 0 N–H and O–H groups in total. The molecule has 0 spiro atoms. The number of hydrogen-bond acceptors (Lipinski definition) is 2. The van der Waals surface area contributed by atoms with Gasteiger partial charge in [-0.05, 0) is 22.4 Å². The zero-order valence-electron chi connectivity index (χ0n) is 11.3. The predicted molar refractivity (Wildman–Crippen MR) is 87.2 cm³/mol. The number of ketones is 1. The number of aryl methyl sites for hydroxylation is 1. The van der Waals surface area contributed by atoms with Crippen LogP contribution in [0, 0.1) is 0 Å². The molecule has 21 heavy (non-hydrogen) atoms. The second kappa shape index (κ2) is 5.62. The van der Waals surface area contributed by atoms with Crippen molar-refractivity contribution in [3.63, 3.8) is 0 Å². The van der Waals surface area contributed by atoms with Crippen LogP contribution in [0.2, 0.25) is 5.02 Å². The summed E-state index contributed by atoms with van der Waals surface area (Å²) in [7, 11) is 0. The topological polar surface area (TPSA) is 34.4 Å². The van der Waals surface area contributed by atoms with Crippen LogP contribution in [0.5, 0.6) is 0 Å². The third-order valence-electron chi connectivity index (χ3n) is 3.35. The van der Waals surface area contributed by atoms with Gasteiger partial charge in [0.05, 0.1) is 15.2 Å². The number of carbonyl (C=O) groups excluding carboxylic acids is 1. The third kappa shape index (κ3) is 2.49. The van der Waals surface area contributed by atoms with Crippen LogP contribution in [-0.4, -0.2) is 15.2 Å². The van der Waals surface area contributed by atoms with E-state index in [2.05, 4.69) is 20.9 Å². The highest BCUT2D eigenvalue weighted by molar-refractivity contribution is 9.10. The van der Waals surface area contributed by atoms with Crippen LogP contribution in [0.1, 0.15) is 28.7 Å². The summed E-state index contributed by atoms with van der Waals surface area (Å²) in [6.45, 7) is 2.01. The Morgan fingerprint density at radius 3 is 2.71 bits per heavy atom. The summed E-state index contributed by atoms with van der Waals surface area (Å²) < 4.78 is 2.69. The summed E-state index contributed by atoms with van der Waals surface area (Å²) >= 11 is 9.51. The number of imidazole rings is 1. The van der Waals surface area contributed by atoms with Gasteiger partial charge in [0.15, 0.2) is 0 Å². The minimum absolute atomic E-state index is 0.0663. The SMILES string of the molecule is CCc1c(C(=O)c2ccccc2)nc2cc(Cl)c(Br)cn12. The largest absolute Gasteiger partial charge is 0.302 e. The van der Waals surface area contributed by atoms with Gasteiger partial charge in [0, 0.05) is 17.8 Å². The fourth-order valence-corrected chi connectivity index (χ4v) is 2.80. The number of benzene rings is 1. The van der Waals surface area contributed by atoms with E-state index in [4.69, 9.17) is 11.6 Å². The first-order valence-corrected chi connectivity index (χ1v) is 7.74. The molecule has 1 aromatic carbocycles. The smallest absolute Gasteiger partial charge is 0.213 e. The Labute approximate surface area is 135 Å². The molecule has 5 heteroatoms. The zero-order chi connectivity index (χ0) is 15.0. The number of halogens is 2. The summed E-state index contributed by atoms with van der Waals surface area (Å²) in [5.41, 5.74) is 2.69. The van der Waals surface area contributed by atoms with E-state index in [1.54, 1.807) is 18.2 Å². The van der Waals surface area contributed by atoms with Crippen LogP contribution in [0.4, 0.5) is 0 Å². The van der Waals surface area contributed by atoms with E-state index in [-0.39, 0.29) is 5.78 Å². The Morgan fingerprint density at radius 2 is 2.05 bits per heavy atom. The first-order chi connectivity index (χ1) is 10.1. The number of rotatable bonds is 3. The van der Waals surface area contributed by atoms with Gasteiger partial charge >= 0.3 is 0 Å². The van der Waals surface area contributed by atoms with Crippen LogP contribution in [0.15, 0.2) is 47.1 Å². The van der Waals surface area contributed by atoms with Crippen molar-refractivity contribution >= 4 is 39.0 Å². The molecule has 2 heterocycles. The zero-order valence-corrected chi connectivity index (χ0v) is 13.6. The molecule has 0 bridgehead atoms. The molecule has 0 atom stereocenters. The van der Waals surface area contributed by atoms with E-state index >= 15 is 0 Å². The molecule has 106 valence electrons. The van der Waals surface area contributed by atoms with Gasteiger partial charge in [0.1, 0.15) is 11.3 Å². The van der Waals surface area contributed by atoms with Crippen molar-refractivity contribution < 1.29 is 4.79 Å². The molecule has 0 aliphatic rings. The van der Waals surface area contributed by atoms with Gasteiger partial charge in [-0.1, -0.05) is 48.9 Å².